The Morgan fingerprint density at radius 1 is 1.08 bits per heavy atom. The first-order valence-corrected chi connectivity index (χ1v) is 9.06. The molecule has 1 aromatic rings. The normalized spacial score (nSPS) is 18.8. The smallest absolute Gasteiger partial charge is 0.314 e. The molecular weight excluding hydrogens is 334 g/mol. The lowest BCUT2D eigenvalue weighted by atomic mass is 9.97. The number of likely N-dealkylation sites (tertiary alicyclic amines) is 1. The molecule has 0 unspecified atom stereocenters. The van der Waals surface area contributed by atoms with Crippen LogP contribution in [0, 0.1) is 5.92 Å². The average molecular weight is 359 g/mol. The summed E-state index contributed by atoms with van der Waals surface area (Å²) >= 11 is 0. The highest BCUT2D eigenvalue weighted by atomic mass is 16.5. The van der Waals surface area contributed by atoms with Crippen LogP contribution in [0.1, 0.15) is 30.9 Å². The third-order valence-electron chi connectivity index (χ3n) is 5.22. The summed E-state index contributed by atoms with van der Waals surface area (Å²) < 4.78 is 5.42. The molecule has 1 saturated heterocycles. The molecule has 2 N–H and O–H groups in total. The largest absolute Gasteiger partial charge is 0.452 e. The van der Waals surface area contributed by atoms with Crippen molar-refractivity contribution in [3.63, 3.8) is 0 Å². The van der Waals surface area contributed by atoms with Crippen LogP contribution >= 0.6 is 0 Å². The van der Waals surface area contributed by atoms with E-state index in [1.807, 2.05) is 18.2 Å². The number of rotatable bonds is 3. The lowest BCUT2D eigenvalue weighted by Crippen LogP contribution is -2.45. The number of hydrogen-bond donors (Lipinski definition) is 1. The van der Waals surface area contributed by atoms with Gasteiger partial charge in [0.25, 0.3) is 5.91 Å². The van der Waals surface area contributed by atoms with Gasteiger partial charge in [-0.2, -0.15) is 0 Å². The quantitative estimate of drug-likeness (QED) is 0.823. The van der Waals surface area contributed by atoms with Crippen molar-refractivity contribution in [1.82, 2.24) is 9.80 Å². The summed E-state index contributed by atoms with van der Waals surface area (Å²) in [5.74, 6) is -0.822. The van der Waals surface area contributed by atoms with Crippen molar-refractivity contribution in [2.45, 2.75) is 38.8 Å². The van der Waals surface area contributed by atoms with Crippen LogP contribution in [0.2, 0.25) is 0 Å². The van der Waals surface area contributed by atoms with Crippen molar-refractivity contribution < 1.29 is 19.1 Å². The molecule has 2 heterocycles. The van der Waals surface area contributed by atoms with Crippen molar-refractivity contribution in [3.05, 3.63) is 35.4 Å². The van der Waals surface area contributed by atoms with Gasteiger partial charge in [0, 0.05) is 26.2 Å². The molecule has 2 aliphatic rings. The summed E-state index contributed by atoms with van der Waals surface area (Å²) in [4.78, 5) is 39.4. The van der Waals surface area contributed by atoms with Crippen molar-refractivity contribution >= 4 is 17.9 Å². The first-order chi connectivity index (χ1) is 12.5. The molecular formula is C19H25N3O4. The molecule has 0 bridgehead atoms. The first kappa shape index (κ1) is 18.2. The number of ether oxygens (including phenoxy) is 1. The van der Waals surface area contributed by atoms with Crippen molar-refractivity contribution in [3.8, 4) is 0 Å². The zero-order valence-electron chi connectivity index (χ0n) is 15.0. The number of hydrogen-bond acceptors (Lipinski definition) is 4. The fraction of sp³-hybridized carbons (Fsp3) is 0.526. The molecule has 26 heavy (non-hydrogen) atoms. The van der Waals surface area contributed by atoms with Gasteiger partial charge in [-0.25, -0.2) is 4.79 Å². The van der Waals surface area contributed by atoms with Gasteiger partial charge in [0.15, 0.2) is 6.10 Å². The van der Waals surface area contributed by atoms with E-state index in [9.17, 15) is 14.4 Å². The third-order valence-corrected chi connectivity index (χ3v) is 5.22. The van der Waals surface area contributed by atoms with E-state index in [4.69, 9.17) is 10.5 Å². The molecule has 2 aliphatic heterocycles. The number of urea groups is 1. The Balaban J connectivity index is 1.52. The average Bonchev–Trinajstić information content (AvgIpc) is 2.67. The Bertz CT molecular complexity index is 698. The predicted molar refractivity (Wildman–Crippen MR) is 95.0 cm³/mol. The van der Waals surface area contributed by atoms with Gasteiger partial charge in [-0.3, -0.25) is 9.59 Å². The number of esters is 1. The number of benzene rings is 1. The molecule has 1 aromatic carbocycles. The molecule has 0 spiro atoms. The van der Waals surface area contributed by atoms with Crippen LogP contribution in [0.5, 0.6) is 0 Å². The predicted octanol–water partition coefficient (Wildman–Crippen LogP) is 1.29. The van der Waals surface area contributed by atoms with Gasteiger partial charge < -0.3 is 20.3 Å². The Morgan fingerprint density at radius 3 is 2.38 bits per heavy atom. The fourth-order valence-corrected chi connectivity index (χ4v) is 3.60. The van der Waals surface area contributed by atoms with Gasteiger partial charge >= 0.3 is 12.0 Å². The van der Waals surface area contributed by atoms with Crippen LogP contribution in [-0.2, 0) is 27.3 Å². The standard InChI is InChI=1S/C19H25N3O4/c1-13(26-18(24)15-7-9-21(10-8-15)19(20)25)17(23)22-11-6-14-4-2-3-5-16(14)12-22/h2-5,13,15H,6-12H2,1H3,(H2,20,25)/t13-/m0/s1. The van der Waals surface area contributed by atoms with Gasteiger partial charge in [0.1, 0.15) is 0 Å². The van der Waals surface area contributed by atoms with Crippen LogP contribution < -0.4 is 5.73 Å². The van der Waals surface area contributed by atoms with Gasteiger partial charge in [0.05, 0.1) is 5.92 Å². The van der Waals surface area contributed by atoms with E-state index >= 15 is 0 Å². The number of fused-ring (bicyclic) bond motifs is 1. The summed E-state index contributed by atoms with van der Waals surface area (Å²) in [6.45, 7) is 3.70. The summed E-state index contributed by atoms with van der Waals surface area (Å²) in [6, 6.07) is 7.61. The Hall–Kier alpha value is -2.57. The lowest BCUT2D eigenvalue weighted by Gasteiger charge is -2.32. The number of piperidine rings is 1. The van der Waals surface area contributed by atoms with E-state index in [0.717, 1.165) is 12.0 Å². The minimum absolute atomic E-state index is 0.164. The van der Waals surface area contributed by atoms with Crippen LogP contribution in [-0.4, -0.2) is 53.4 Å². The number of carbonyl (C=O) groups is 3. The number of nitrogens with zero attached hydrogens (tertiary/aromatic N) is 2. The maximum absolute atomic E-state index is 12.6. The highest BCUT2D eigenvalue weighted by molar-refractivity contribution is 5.84. The molecule has 140 valence electrons. The van der Waals surface area contributed by atoms with Crippen LogP contribution in [0.15, 0.2) is 24.3 Å². The molecule has 0 radical (unpaired) electrons. The molecule has 7 nitrogen and oxygen atoms in total. The monoisotopic (exact) mass is 359 g/mol. The summed E-state index contributed by atoms with van der Waals surface area (Å²) in [7, 11) is 0. The summed E-state index contributed by atoms with van der Waals surface area (Å²) in [6.07, 6.45) is 1.04. The molecule has 1 atom stereocenters. The topological polar surface area (TPSA) is 92.9 Å². The SMILES string of the molecule is C[C@H](OC(=O)C1CCN(C(N)=O)CC1)C(=O)N1CCc2ccccc2C1. The Kier molecular flexibility index (Phi) is 5.44. The zero-order chi connectivity index (χ0) is 18.7. The fourth-order valence-electron chi connectivity index (χ4n) is 3.60. The van der Waals surface area contributed by atoms with E-state index in [1.165, 1.54) is 10.5 Å². The molecule has 0 saturated carbocycles. The number of primary amides is 1. The molecule has 0 aromatic heterocycles. The van der Waals surface area contributed by atoms with Gasteiger partial charge in [-0.1, -0.05) is 24.3 Å². The number of amides is 3. The van der Waals surface area contributed by atoms with E-state index in [2.05, 4.69) is 6.07 Å². The number of carbonyl (C=O) groups excluding carboxylic acids is 3. The van der Waals surface area contributed by atoms with Crippen molar-refractivity contribution in [2.24, 2.45) is 11.7 Å². The second-order valence-electron chi connectivity index (χ2n) is 6.96. The van der Waals surface area contributed by atoms with Gasteiger partial charge in [-0.15, -0.1) is 0 Å². The first-order valence-electron chi connectivity index (χ1n) is 9.06. The minimum atomic E-state index is -0.804. The van der Waals surface area contributed by atoms with E-state index < -0.39 is 12.1 Å². The highest BCUT2D eigenvalue weighted by Crippen LogP contribution is 2.22. The van der Waals surface area contributed by atoms with Gasteiger partial charge in [-0.05, 0) is 37.3 Å². The maximum atomic E-state index is 12.6. The second-order valence-corrected chi connectivity index (χ2v) is 6.96. The Labute approximate surface area is 153 Å². The number of nitrogens with two attached hydrogens (primary N) is 1. The lowest BCUT2D eigenvalue weighted by molar-refractivity contribution is -0.163. The zero-order valence-corrected chi connectivity index (χ0v) is 15.0. The van der Waals surface area contributed by atoms with Crippen molar-refractivity contribution in [2.75, 3.05) is 19.6 Å². The Morgan fingerprint density at radius 2 is 1.73 bits per heavy atom. The minimum Gasteiger partial charge on any atom is -0.452 e. The summed E-state index contributed by atoms with van der Waals surface area (Å²) in [5, 5.41) is 0. The molecule has 3 rings (SSSR count). The molecule has 7 heteroatoms. The van der Waals surface area contributed by atoms with E-state index in [1.54, 1.807) is 11.8 Å². The highest BCUT2D eigenvalue weighted by Gasteiger charge is 2.31. The van der Waals surface area contributed by atoms with Crippen molar-refractivity contribution in [1.29, 1.82) is 0 Å². The molecule has 0 aliphatic carbocycles. The van der Waals surface area contributed by atoms with E-state index in [-0.39, 0.29) is 17.8 Å². The third kappa shape index (κ3) is 3.98. The maximum Gasteiger partial charge on any atom is 0.314 e. The van der Waals surface area contributed by atoms with Crippen LogP contribution in [0.25, 0.3) is 0 Å². The molecule has 1 fully saturated rings. The van der Waals surface area contributed by atoms with Crippen LogP contribution in [0.4, 0.5) is 4.79 Å². The second kappa shape index (κ2) is 7.76. The van der Waals surface area contributed by atoms with E-state index in [0.29, 0.717) is 39.0 Å². The van der Waals surface area contributed by atoms with Gasteiger partial charge in [0.2, 0.25) is 0 Å². The molecule has 3 amide bonds. The van der Waals surface area contributed by atoms with Crippen LogP contribution in [0.3, 0.4) is 0 Å². The summed E-state index contributed by atoms with van der Waals surface area (Å²) in [5.41, 5.74) is 7.66.